The highest BCUT2D eigenvalue weighted by atomic mass is 32.2. The first-order valence-electron chi connectivity index (χ1n) is 8.78. The zero-order valence-corrected chi connectivity index (χ0v) is 16.9. The van der Waals surface area contributed by atoms with Crippen molar-refractivity contribution in [3.8, 4) is 5.75 Å². The number of methoxy groups -OCH3 is 1. The summed E-state index contributed by atoms with van der Waals surface area (Å²) in [5.74, 6) is -0.221. The molecule has 0 saturated carbocycles. The summed E-state index contributed by atoms with van der Waals surface area (Å²) in [5.41, 5.74) is 2.10. The lowest BCUT2D eigenvalue weighted by Gasteiger charge is -2.15. The highest BCUT2D eigenvalue weighted by Crippen LogP contribution is 2.27. The van der Waals surface area contributed by atoms with Crippen molar-refractivity contribution in [2.45, 2.75) is 31.1 Å². The topological polar surface area (TPSA) is 64.6 Å². The van der Waals surface area contributed by atoms with Crippen LogP contribution in [0, 0.1) is 0 Å². The van der Waals surface area contributed by atoms with Gasteiger partial charge in [-0.15, -0.1) is 11.8 Å². The lowest BCUT2D eigenvalue weighted by atomic mass is 9.97. The lowest BCUT2D eigenvalue weighted by molar-refractivity contribution is -0.119. The van der Waals surface area contributed by atoms with Crippen LogP contribution in [0.5, 0.6) is 5.75 Å². The molecule has 0 bridgehead atoms. The van der Waals surface area contributed by atoms with Crippen molar-refractivity contribution in [3.05, 3.63) is 53.6 Å². The van der Waals surface area contributed by atoms with Gasteiger partial charge in [-0.1, -0.05) is 32.0 Å². The van der Waals surface area contributed by atoms with Crippen LogP contribution in [-0.4, -0.2) is 31.8 Å². The van der Waals surface area contributed by atoms with Crippen LogP contribution in [-0.2, 0) is 9.53 Å². The number of para-hydroxylation sites is 1. The molecule has 144 valence electrons. The van der Waals surface area contributed by atoms with Gasteiger partial charge in [0.15, 0.2) is 6.61 Å². The Bertz CT molecular complexity index is 807. The molecule has 27 heavy (non-hydrogen) atoms. The highest BCUT2D eigenvalue weighted by molar-refractivity contribution is 7.98. The fourth-order valence-electron chi connectivity index (χ4n) is 2.62. The number of nitrogens with one attached hydrogen (secondary N) is 1. The zero-order valence-electron chi connectivity index (χ0n) is 16.1. The van der Waals surface area contributed by atoms with Gasteiger partial charge in [0.1, 0.15) is 11.3 Å². The summed E-state index contributed by atoms with van der Waals surface area (Å²) >= 11 is 1.55. The minimum absolute atomic E-state index is 0.295. The number of hydrogen-bond donors (Lipinski definition) is 1. The van der Waals surface area contributed by atoms with Crippen LogP contribution < -0.4 is 10.1 Å². The molecule has 0 aromatic heterocycles. The average Bonchev–Trinajstić information content (AvgIpc) is 2.71. The molecule has 0 heterocycles. The summed E-state index contributed by atoms with van der Waals surface area (Å²) in [6.07, 6.45) is 2.90. The van der Waals surface area contributed by atoms with Crippen LogP contribution in [0.15, 0.2) is 47.4 Å². The van der Waals surface area contributed by atoms with Gasteiger partial charge in [-0.2, -0.15) is 0 Å². The van der Waals surface area contributed by atoms with Gasteiger partial charge in [0.2, 0.25) is 0 Å². The fourth-order valence-corrected chi connectivity index (χ4v) is 3.05. The van der Waals surface area contributed by atoms with E-state index in [2.05, 4.69) is 19.2 Å². The molecule has 5 nitrogen and oxygen atoms in total. The number of thioether (sulfide) groups is 1. The zero-order chi connectivity index (χ0) is 19.8. The summed E-state index contributed by atoms with van der Waals surface area (Å²) in [4.78, 5) is 25.5. The number of ether oxygens (including phenoxy) is 2. The Labute approximate surface area is 164 Å². The molecule has 0 spiro atoms. The molecule has 0 aliphatic carbocycles. The second-order valence-corrected chi connectivity index (χ2v) is 6.97. The number of benzene rings is 2. The molecule has 2 aromatic rings. The Kier molecular flexibility index (Phi) is 7.73. The van der Waals surface area contributed by atoms with Gasteiger partial charge in [0.05, 0.1) is 7.11 Å². The second-order valence-electron chi connectivity index (χ2n) is 6.09. The Hall–Kier alpha value is -2.47. The molecule has 0 radical (unpaired) electrons. The third kappa shape index (κ3) is 5.50. The maximum absolute atomic E-state index is 12.3. The number of amides is 1. The number of anilines is 1. The number of carbonyl (C=O) groups is 2. The molecule has 0 saturated heterocycles. The summed E-state index contributed by atoms with van der Waals surface area (Å²) in [7, 11) is 1.49. The van der Waals surface area contributed by atoms with Gasteiger partial charge in [0.25, 0.3) is 5.91 Å². The van der Waals surface area contributed by atoms with E-state index in [9.17, 15) is 9.59 Å². The van der Waals surface area contributed by atoms with E-state index >= 15 is 0 Å². The van der Waals surface area contributed by atoms with Gasteiger partial charge < -0.3 is 14.8 Å². The smallest absolute Gasteiger partial charge is 0.342 e. The van der Waals surface area contributed by atoms with Crippen molar-refractivity contribution in [1.82, 2.24) is 0 Å². The molecule has 0 aliphatic rings. The van der Waals surface area contributed by atoms with Crippen LogP contribution >= 0.6 is 11.8 Å². The van der Waals surface area contributed by atoms with E-state index in [1.54, 1.807) is 23.9 Å². The van der Waals surface area contributed by atoms with Crippen LogP contribution in [0.25, 0.3) is 0 Å². The van der Waals surface area contributed by atoms with Crippen LogP contribution in [0.3, 0.4) is 0 Å². The molecule has 2 aromatic carbocycles. The lowest BCUT2D eigenvalue weighted by Crippen LogP contribution is -2.22. The summed E-state index contributed by atoms with van der Waals surface area (Å²) in [6.45, 7) is 3.84. The van der Waals surface area contributed by atoms with Gasteiger partial charge in [-0.3, -0.25) is 4.79 Å². The number of carbonyl (C=O) groups excluding carboxylic acids is 2. The van der Waals surface area contributed by atoms with E-state index in [1.807, 2.05) is 36.6 Å². The quantitative estimate of drug-likeness (QED) is 0.524. The van der Waals surface area contributed by atoms with E-state index in [1.165, 1.54) is 7.11 Å². The van der Waals surface area contributed by atoms with Crippen molar-refractivity contribution >= 4 is 29.3 Å². The molecular weight excluding hydrogens is 362 g/mol. The monoisotopic (exact) mass is 387 g/mol. The van der Waals surface area contributed by atoms with E-state index in [0.717, 1.165) is 22.6 Å². The molecule has 1 amide bonds. The molecular formula is C21H25NO4S. The summed E-state index contributed by atoms with van der Waals surface area (Å²) in [6, 6.07) is 12.9. The molecule has 6 heteroatoms. The summed E-state index contributed by atoms with van der Waals surface area (Å²) in [5, 5.41) is 2.83. The molecule has 1 atom stereocenters. The molecule has 0 aliphatic heterocycles. The third-order valence-corrected chi connectivity index (χ3v) is 5.07. The predicted molar refractivity (Wildman–Crippen MR) is 109 cm³/mol. The number of esters is 1. The Morgan fingerprint density at radius 3 is 2.59 bits per heavy atom. The maximum atomic E-state index is 12.3. The maximum Gasteiger partial charge on any atom is 0.342 e. The third-order valence-electron chi connectivity index (χ3n) is 4.34. The van der Waals surface area contributed by atoms with E-state index in [0.29, 0.717) is 17.2 Å². The molecule has 0 fully saturated rings. The number of rotatable bonds is 8. The van der Waals surface area contributed by atoms with Crippen LogP contribution in [0.2, 0.25) is 0 Å². The number of hydrogen-bond acceptors (Lipinski definition) is 5. The summed E-state index contributed by atoms with van der Waals surface area (Å²) < 4.78 is 10.4. The fraction of sp³-hybridized carbons (Fsp3) is 0.333. The van der Waals surface area contributed by atoms with Crippen molar-refractivity contribution < 1.29 is 19.1 Å². The minimum Gasteiger partial charge on any atom is -0.496 e. The van der Waals surface area contributed by atoms with E-state index < -0.39 is 5.97 Å². The first-order valence-corrected chi connectivity index (χ1v) is 10.0. The standard InChI is InChI=1S/C21H25NO4S/c1-5-14(2)16-8-6-7-9-18(16)22-20(23)13-26-21(24)17-11-10-15(27-4)12-19(17)25-3/h6-12,14H,5,13H2,1-4H3,(H,22,23). The van der Waals surface area contributed by atoms with Crippen LogP contribution in [0.4, 0.5) is 5.69 Å². The van der Waals surface area contributed by atoms with Gasteiger partial charge in [-0.05, 0) is 48.4 Å². The van der Waals surface area contributed by atoms with Crippen LogP contribution in [0.1, 0.15) is 42.1 Å². The minimum atomic E-state index is -0.593. The van der Waals surface area contributed by atoms with Gasteiger partial charge in [-0.25, -0.2) is 4.79 Å². The average molecular weight is 388 g/mol. The van der Waals surface area contributed by atoms with E-state index in [-0.39, 0.29) is 12.5 Å². The van der Waals surface area contributed by atoms with Gasteiger partial charge >= 0.3 is 5.97 Å². The second kappa shape index (κ2) is 10.0. The van der Waals surface area contributed by atoms with Crippen molar-refractivity contribution in [2.75, 3.05) is 25.3 Å². The Morgan fingerprint density at radius 2 is 1.93 bits per heavy atom. The highest BCUT2D eigenvalue weighted by Gasteiger charge is 2.17. The van der Waals surface area contributed by atoms with Gasteiger partial charge in [0, 0.05) is 10.6 Å². The SMILES string of the molecule is CCC(C)c1ccccc1NC(=O)COC(=O)c1ccc(SC)cc1OC. The van der Waals surface area contributed by atoms with Crippen molar-refractivity contribution in [1.29, 1.82) is 0 Å². The van der Waals surface area contributed by atoms with Crippen molar-refractivity contribution in [3.63, 3.8) is 0 Å². The first kappa shape index (κ1) is 20.8. The molecule has 1 N–H and O–H groups in total. The first-order chi connectivity index (χ1) is 13.0. The Balaban J connectivity index is 2.01. The Morgan fingerprint density at radius 1 is 1.19 bits per heavy atom. The predicted octanol–water partition coefficient (Wildman–Crippen LogP) is 4.73. The molecule has 2 rings (SSSR count). The van der Waals surface area contributed by atoms with E-state index in [4.69, 9.17) is 9.47 Å². The largest absolute Gasteiger partial charge is 0.496 e. The normalized spacial score (nSPS) is 11.6. The van der Waals surface area contributed by atoms with Crippen molar-refractivity contribution in [2.24, 2.45) is 0 Å². The molecule has 1 unspecified atom stereocenters.